The second-order valence-corrected chi connectivity index (χ2v) is 5.54. The molecule has 108 valence electrons. The molecule has 0 radical (unpaired) electrons. The van der Waals surface area contributed by atoms with E-state index in [2.05, 4.69) is 29.4 Å². The van der Waals surface area contributed by atoms with Crippen molar-refractivity contribution >= 4 is 11.6 Å². The lowest BCUT2D eigenvalue weighted by atomic mass is 10.1. The predicted octanol–water partition coefficient (Wildman–Crippen LogP) is 3.24. The van der Waals surface area contributed by atoms with Crippen molar-refractivity contribution in [3.63, 3.8) is 0 Å². The average Bonchev–Trinajstić information content (AvgIpc) is 2.85. The van der Waals surface area contributed by atoms with Crippen LogP contribution in [0, 0.1) is 0 Å². The number of hydrogen-bond donors (Lipinski definition) is 1. The molecule has 0 amide bonds. The number of nitrogens with zero attached hydrogens (tertiary/aromatic N) is 2. The number of benzene rings is 1. The van der Waals surface area contributed by atoms with Gasteiger partial charge in [-0.15, -0.1) is 10.2 Å². The predicted molar refractivity (Wildman–Crippen MR) is 80.0 cm³/mol. The normalized spacial score (nSPS) is 11.2. The second-order valence-electron chi connectivity index (χ2n) is 5.11. The van der Waals surface area contributed by atoms with Gasteiger partial charge in [0, 0.05) is 17.5 Å². The lowest BCUT2D eigenvalue weighted by molar-refractivity contribution is 0.446. The molecule has 5 heteroatoms. The number of aryl methyl sites for hydroxylation is 1. The Labute approximate surface area is 124 Å². The minimum atomic E-state index is 0.512. The summed E-state index contributed by atoms with van der Waals surface area (Å²) in [6, 6.07) is 8.19. The van der Waals surface area contributed by atoms with Gasteiger partial charge in [0.15, 0.2) is 0 Å². The van der Waals surface area contributed by atoms with E-state index in [1.807, 2.05) is 24.3 Å². The highest BCUT2D eigenvalue weighted by Crippen LogP contribution is 2.13. The molecule has 2 aromatic rings. The van der Waals surface area contributed by atoms with Gasteiger partial charge in [-0.25, -0.2) is 0 Å². The summed E-state index contributed by atoms with van der Waals surface area (Å²) in [5.41, 5.74) is 1.12. The number of hydrogen-bond acceptors (Lipinski definition) is 4. The van der Waals surface area contributed by atoms with Crippen LogP contribution >= 0.6 is 11.6 Å². The van der Waals surface area contributed by atoms with Crippen LogP contribution in [-0.2, 0) is 12.8 Å². The quantitative estimate of drug-likeness (QED) is 0.796. The molecule has 0 atom stereocenters. The van der Waals surface area contributed by atoms with Gasteiger partial charge in [0.1, 0.15) is 0 Å². The molecule has 2 rings (SSSR count). The van der Waals surface area contributed by atoms with E-state index in [-0.39, 0.29) is 0 Å². The van der Waals surface area contributed by atoms with E-state index in [1.165, 1.54) is 0 Å². The third kappa shape index (κ3) is 4.94. The largest absolute Gasteiger partial charge is 0.425 e. The highest BCUT2D eigenvalue weighted by molar-refractivity contribution is 6.30. The summed E-state index contributed by atoms with van der Waals surface area (Å²) in [5.74, 6) is 1.36. The highest BCUT2D eigenvalue weighted by Gasteiger charge is 2.07. The number of halogens is 1. The van der Waals surface area contributed by atoms with Crippen molar-refractivity contribution in [1.82, 2.24) is 15.5 Å². The van der Waals surface area contributed by atoms with E-state index >= 15 is 0 Å². The van der Waals surface area contributed by atoms with Crippen LogP contribution < -0.4 is 5.32 Å². The van der Waals surface area contributed by atoms with Gasteiger partial charge in [-0.1, -0.05) is 37.6 Å². The summed E-state index contributed by atoms with van der Waals surface area (Å²) >= 11 is 5.85. The SMILES string of the molecule is CC(C)NCCCc1nnc(Cc2ccc(Cl)cc2)o1. The van der Waals surface area contributed by atoms with Gasteiger partial charge in [-0.05, 0) is 30.7 Å². The maximum Gasteiger partial charge on any atom is 0.220 e. The van der Waals surface area contributed by atoms with E-state index in [0.717, 1.165) is 30.0 Å². The zero-order valence-corrected chi connectivity index (χ0v) is 12.7. The van der Waals surface area contributed by atoms with Crippen LogP contribution in [0.15, 0.2) is 28.7 Å². The first kappa shape index (κ1) is 15.0. The Morgan fingerprint density at radius 3 is 2.55 bits per heavy atom. The van der Waals surface area contributed by atoms with Crippen molar-refractivity contribution in [2.75, 3.05) is 6.54 Å². The molecule has 20 heavy (non-hydrogen) atoms. The Balaban J connectivity index is 1.81. The maximum atomic E-state index is 5.85. The number of nitrogens with one attached hydrogen (secondary N) is 1. The first-order chi connectivity index (χ1) is 9.63. The van der Waals surface area contributed by atoms with E-state index in [9.17, 15) is 0 Å². The van der Waals surface area contributed by atoms with Gasteiger partial charge in [-0.2, -0.15) is 0 Å². The topological polar surface area (TPSA) is 51.0 Å². The molecule has 1 N–H and O–H groups in total. The van der Waals surface area contributed by atoms with Gasteiger partial charge in [0.25, 0.3) is 0 Å². The van der Waals surface area contributed by atoms with Crippen LogP contribution in [0.4, 0.5) is 0 Å². The molecule has 0 bridgehead atoms. The summed E-state index contributed by atoms with van der Waals surface area (Å²) in [6.45, 7) is 5.24. The Kier molecular flexibility index (Phi) is 5.56. The lowest BCUT2D eigenvalue weighted by Gasteiger charge is -2.05. The fraction of sp³-hybridized carbons (Fsp3) is 0.467. The molecule has 0 aliphatic heterocycles. The Bertz CT molecular complexity index is 522. The zero-order valence-electron chi connectivity index (χ0n) is 11.9. The summed E-state index contributed by atoms with van der Waals surface area (Å²) in [4.78, 5) is 0. The molecule has 0 unspecified atom stereocenters. The molecule has 1 aromatic carbocycles. The fourth-order valence-electron chi connectivity index (χ4n) is 1.87. The monoisotopic (exact) mass is 293 g/mol. The molecule has 0 spiro atoms. The summed E-state index contributed by atoms with van der Waals surface area (Å²) in [7, 11) is 0. The van der Waals surface area contributed by atoms with Crippen LogP contribution in [-0.4, -0.2) is 22.8 Å². The minimum Gasteiger partial charge on any atom is -0.425 e. The van der Waals surface area contributed by atoms with Crippen molar-refractivity contribution in [3.8, 4) is 0 Å². The Morgan fingerprint density at radius 2 is 1.85 bits per heavy atom. The molecule has 0 aliphatic carbocycles. The van der Waals surface area contributed by atoms with Gasteiger partial charge < -0.3 is 9.73 Å². The molecular weight excluding hydrogens is 274 g/mol. The van der Waals surface area contributed by atoms with E-state index in [0.29, 0.717) is 24.2 Å². The minimum absolute atomic E-state index is 0.512. The molecule has 0 saturated heterocycles. The maximum absolute atomic E-state index is 5.85. The summed E-state index contributed by atoms with van der Waals surface area (Å²) in [5, 5.41) is 12.3. The smallest absolute Gasteiger partial charge is 0.220 e. The van der Waals surface area contributed by atoms with Crippen molar-refractivity contribution < 1.29 is 4.42 Å². The zero-order chi connectivity index (χ0) is 14.4. The van der Waals surface area contributed by atoms with Gasteiger partial charge in [0.05, 0.1) is 6.42 Å². The fourth-order valence-corrected chi connectivity index (χ4v) is 1.99. The molecule has 0 saturated carbocycles. The van der Waals surface area contributed by atoms with Crippen LogP contribution in [0.2, 0.25) is 5.02 Å². The third-order valence-corrected chi connectivity index (χ3v) is 3.15. The van der Waals surface area contributed by atoms with Gasteiger partial charge in [-0.3, -0.25) is 0 Å². The van der Waals surface area contributed by atoms with Gasteiger partial charge >= 0.3 is 0 Å². The summed E-state index contributed by atoms with van der Waals surface area (Å²) in [6.07, 6.45) is 2.46. The Hall–Kier alpha value is -1.39. The number of aromatic nitrogens is 2. The van der Waals surface area contributed by atoms with Crippen molar-refractivity contribution in [2.24, 2.45) is 0 Å². The molecule has 0 fully saturated rings. The Morgan fingerprint density at radius 1 is 1.15 bits per heavy atom. The van der Waals surface area contributed by atoms with E-state index in [1.54, 1.807) is 0 Å². The molecule has 1 aromatic heterocycles. The van der Waals surface area contributed by atoms with Crippen LogP contribution in [0.3, 0.4) is 0 Å². The standard InChI is InChI=1S/C15H20ClN3O/c1-11(2)17-9-3-4-14-18-19-15(20-14)10-12-5-7-13(16)8-6-12/h5-8,11,17H,3-4,9-10H2,1-2H3. The third-order valence-electron chi connectivity index (χ3n) is 2.90. The highest BCUT2D eigenvalue weighted by atomic mass is 35.5. The van der Waals surface area contributed by atoms with Gasteiger partial charge in [0.2, 0.25) is 11.8 Å². The first-order valence-corrected chi connectivity index (χ1v) is 7.30. The average molecular weight is 294 g/mol. The van der Waals surface area contributed by atoms with Crippen molar-refractivity contribution in [3.05, 3.63) is 46.6 Å². The van der Waals surface area contributed by atoms with Crippen molar-refractivity contribution in [2.45, 2.75) is 39.2 Å². The van der Waals surface area contributed by atoms with Crippen LogP contribution in [0.5, 0.6) is 0 Å². The van der Waals surface area contributed by atoms with E-state index < -0.39 is 0 Å². The summed E-state index contributed by atoms with van der Waals surface area (Å²) < 4.78 is 5.64. The van der Waals surface area contributed by atoms with Crippen LogP contribution in [0.25, 0.3) is 0 Å². The first-order valence-electron chi connectivity index (χ1n) is 6.92. The second kappa shape index (κ2) is 7.41. The molecular formula is C15H20ClN3O. The van der Waals surface area contributed by atoms with E-state index in [4.69, 9.17) is 16.0 Å². The molecule has 1 heterocycles. The molecule has 0 aliphatic rings. The van der Waals surface area contributed by atoms with Crippen LogP contribution in [0.1, 0.15) is 37.6 Å². The van der Waals surface area contributed by atoms with Crippen molar-refractivity contribution in [1.29, 1.82) is 0 Å². The molecule has 4 nitrogen and oxygen atoms in total. The lowest BCUT2D eigenvalue weighted by Crippen LogP contribution is -2.23. The number of rotatable bonds is 7.